The minimum absolute atomic E-state index is 0.000589. The molecular weight excluding hydrogens is 448 g/mol. The molecule has 0 bridgehead atoms. The third kappa shape index (κ3) is 4.27. The molecule has 8 nitrogen and oxygen atoms in total. The summed E-state index contributed by atoms with van der Waals surface area (Å²) in [4.78, 5) is 38.7. The number of benzene rings is 2. The quantitative estimate of drug-likeness (QED) is 0.633. The highest BCUT2D eigenvalue weighted by molar-refractivity contribution is 5.83. The maximum absolute atomic E-state index is 12.9. The first-order valence-electron chi connectivity index (χ1n) is 12.0. The summed E-state index contributed by atoms with van der Waals surface area (Å²) in [6.45, 7) is 0.910. The van der Waals surface area contributed by atoms with E-state index in [9.17, 15) is 19.5 Å². The Labute approximate surface area is 204 Å². The predicted molar refractivity (Wildman–Crippen MR) is 128 cm³/mol. The number of ether oxygens (including phenoxy) is 2. The number of hydrogen-bond donors (Lipinski definition) is 2. The zero-order valence-corrected chi connectivity index (χ0v) is 19.7. The molecule has 2 fully saturated rings. The molecule has 3 aliphatic rings. The molecule has 2 amide bonds. The van der Waals surface area contributed by atoms with Crippen LogP contribution in [0, 0.1) is 11.3 Å². The van der Waals surface area contributed by atoms with Crippen molar-refractivity contribution in [2.45, 2.75) is 31.2 Å². The van der Waals surface area contributed by atoms with Crippen LogP contribution in [0.25, 0.3) is 11.1 Å². The van der Waals surface area contributed by atoms with Gasteiger partial charge in [0, 0.05) is 38.1 Å². The molecule has 0 radical (unpaired) electrons. The molecule has 1 saturated carbocycles. The van der Waals surface area contributed by atoms with Gasteiger partial charge < -0.3 is 24.8 Å². The lowest BCUT2D eigenvalue weighted by molar-refractivity contribution is -0.152. The van der Waals surface area contributed by atoms with E-state index in [1.165, 1.54) is 18.2 Å². The smallest absolute Gasteiger partial charge is 0.407 e. The third-order valence-electron chi connectivity index (χ3n) is 7.69. The van der Waals surface area contributed by atoms with Crippen LogP contribution in [-0.2, 0) is 19.1 Å². The van der Waals surface area contributed by atoms with Crippen molar-refractivity contribution in [2.24, 2.45) is 11.3 Å². The summed E-state index contributed by atoms with van der Waals surface area (Å²) in [6, 6.07) is 16.2. The van der Waals surface area contributed by atoms with E-state index in [1.54, 1.807) is 4.90 Å². The largest absolute Gasteiger partial charge is 0.481 e. The molecule has 0 aromatic heterocycles. The number of amides is 2. The standard InChI is InChI=1S/C27H30N2O6/c1-34-16-27(25(31)32)10-11-29(15-27)24(30)17-12-18(13-17)28-26(33)35-14-23-21-8-4-2-6-19(21)20-7-3-5-9-22(20)23/h2-9,17-18,23H,10-16H2,1H3,(H,28,33)(H,31,32). The van der Waals surface area contributed by atoms with Crippen LogP contribution in [0.2, 0.25) is 0 Å². The molecule has 8 heteroatoms. The Morgan fingerprint density at radius 3 is 2.29 bits per heavy atom. The number of alkyl carbamates (subject to hydrolysis) is 1. The number of fused-ring (bicyclic) bond motifs is 3. The van der Waals surface area contributed by atoms with Gasteiger partial charge in [0.05, 0.1) is 6.61 Å². The second kappa shape index (κ2) is 9.34. The fourth-order valence-electron chi connectivity index (χ4n) is 5.69. The van der Waals surface area contributed by atoms with Gasteiger partial charge in [-0.25, -0.2) is 4.79 Å². The average Bonchev–Trinajstić information content (AvgIpc) is 3.40. The van der Waals surface area contributed by atoms with Crippen molar-refractivity contribution < 1.29 is 29.0 Å². The molecule has 1 saturated heterocycles. The van der Waals surface area contributed by atoms with Gasteiger partial charge in [-0.1, -0.05) is 48.5 Å². The van der Waals surface area contributed by atoms with Gasteiger partial charge >= 0.3 is 12.1 Å². The second-order valence-electron chi connectivity index (χ2n) is 9.86. The monoisotopic (exact) mass is 478 g/mol. The van der Waals surface area contributed by atoms with E-state index in [4.69, 9.17) is 9.47 Å². The summed E-state index contributed by atoms with van der Waals surface area (Å²) in [5.74, 6) is -1.19. The van der Waals surface area contributed by atoms with Crippen LogP contribution in [0.1, 0.15) is 36.3 Å². The van der Waals surface area contributed by atoms with Crippen molar-refractivity contribution in [1.82, 2.24) is 10.2 Å². The number of carboxylic acid groups (broad SMARTS) is 1. The Balaban J connectivity index is 1.11. The highest BCUT2D eigenvalue weighted by atomic mass is 16.5. The van der Waals surface area contributed by atoms with Crippen LogP contribution in [0.15, 0.2) is 48.5 Å². The molecule has 1 atom stereocenters. The topological polar surface area (TPSA) is 105 Å². The van der Waals surface area contributed by atoms with E-state index >= 15 is 0 Å². The fraction of sp³-hybridized carbons (Fsp3) is 0.444. The molecule has 2 N–H and O–H groups in total. The van der Waals surface area contributed by atoms with Crippen LogP contribution in [0.3, 0.4) is 0 Å². The number of likely N-dealkylation sites (tertiary alicyclic amines) is 1. The lowest BCUT2D eigenvalue weighted by atomic mass is 9.79. The van der Waals surface area contributed by atoms with E-state index in [-0.39, 0.29) is 43.5 Å². The minimum Gasteiger partial charge on any atom is -0.481 e. The van der Waals surface area contributed by atoms with E-state index in [0.717, 1.165) is 11.1 Å². The van der Waals surface area contributed by atoms with Crippen LogP contribution >= 0.6 is 0 Å². The summed E-state index contributed by atoms with van der Waals surface area (Å²) >= 11 is 0. The number of nitrogens with one attached hydrogen (secondary N) is 1. The minimum atomic E-state index is -1.03. The van der Waals surface area contributed by atoms with Gasteiger partial charge in [-0.3, -0.25) is 9.59 Å². The Morgan fingerprint density at radius 2 is 1.69 bits per heavy atom. The summed E-state index contributed by atoms with van der Waals surface area (Å²) in [7, 11) is 1.47. The molecule has 5 rings (SSSR count). The molecule has 2 aliphatic carbocycles. The zero-order valence-electron chi connectivity index (χ0n) is 19.7. The first-order chi connectivity index (χ1) is 16.9. The Hall–Kier alpha value is -3.39. The molecule has 1 unspecified atom stereocenters. The number of methoxy groups -OCH3 is 1. The third-order valence-corrected chi connectivity index (χ3v) is 7.69. The van der Waals surface area contributed by atoms with Gasteiger partial charge in [0.15, 0.2) is 0 Å². The molecule has 184 valence electrons. The van der Waals surface area contributed by atoms with Gasteiger partial charge in [-0.05, 0) is 41.5 Å². The predicted octanol–water partition coefficient (Wildman–Crippen LogP) is 3.25. The lowest BCUT2D eigenvalue weighted by Gasteiger charge is -2.37. The van der Waals surface area contributed by atoms with E-state index in [1.807, 2.05) is 24.3 Å². The summed E-state index contributed by atoms with van der Waals surface area (Å²) in [5.41, 5.74) is 3.64. The van der Waals surface area contributed by atoms with Crippen LogP contribution in [0.4, 0.5) is 4.79 Å². The number of hydrogen-bond acceptors (Lipinski definition) is 5. The fourth-order valence-corrected chi connectivity index (χ4v) is 5.69. The van der Waals surface area contributed by atoms with Crippen molar-refractivity contribution in [2.75, 3.05) is 33.4 Å². The molecule has 0 spiro atoms. The number of carbonyl (C=O) groups is 3. The average molecular weight is 479 g/mol. The van der Waals surface area contributed by atoms with E-state index in [2.05, 4.69) is 29.6 Å². The maximum Gasteiger partial charge on any atom is 0.407 e. The zero-order chi connectivity index (χ0) is 24.6. The number of carboxylic acids is 1. The van der Waals surface area contributed by atoms with E-state index < -0.39 is 17.5 Å². The van der Waals surface area contributed by atoms with Crippen molar-refractivity contribution in [3.05, 3.63) is 59.7 Å². The molecular formula is C27H30N2O6. The van der Waals surface area contributed by atoms with Gasteiger partial charge in [-0.15, -0.1) is 0 Å². The molecule has 35 heavy (non-hydrogen) atoms. The first-order valence-corrected chi connectivity index (χ1v) is 12.0. The summed E-state index contributed by atoms with van der Waals surface area (Å²) in [6.07, 6.45) is 0.970. The van der Waals surface area contributed by atoms with Crippen molar-refractivity contribution in [1.29, 1.82) is 0 Å². The Kier molecular flexibility index (Phi) is 6.23. The molecule has 2 aromatic rings. The van der Waals surface area contributed by atoms with Crippen LogP contribution < -0.4 is 5.32 Å². The highest BCUT2D eigenvalue weighted by Gasteiger charge is 2.48. The number of nitrogens with zero attached hydrogens (tertiary/aromatic N) is 1. The summed E-state index contributed by atoms with van der Waals surface area (Å²) < 4.78 is 10.7. The van der Waals surface area contributed by atoms with Gasteiger partial charge in [0.1, 0.15) is 12.0 Å². The number of carbonyl (C=O) groups excluding carboxylic acids is 2. The van der Waals surface area contributed by atoms with Gasteiger partial charge in [0.2, 0.25) is 5.91 Å². The molecule has 2 aromatic carbocycles. The Bertz CT molecular complexity index is 1100. The Morgan fingerprint density at radius 1 is 1.06 bits per heavy atom. The summed E-state index contributed by atoms with van der Waals surface area (Å²) in [5, 5.41) is 12.5. The van der Waals surface area contributed by atoms with Gasteiger partial charge in [0.25, 0.3) is 0 Å². The SMILES string of the molecule is COCC1(C(=O)O)CCN(C(=O)C2CC(NC(=O)OCC3c4ccccc4-c4ccccc43)C2)C1. The lowest BCUT2D eigenvalue weighted by Crippen LogP contribution is -2.51. The maximum atomic E-state index is 12.9. The molecule has 1 aliphatic heterocycles. The number of rotatable bonds is 7. The van der Waals surface area contributed by atoms with Crippen LogP contribution in [-0.4, -0.2) is 67.4 Å². The van der Waals surface area contributed by atoms with Gasteiger partial charge in [-0.2, -0.15) is 0 Å². The number of aliphatic carboxylic acids is 1. The van der Waals surface area contributed by atoms with Crippen molar-refractivity contribution >= 4 is 18.0 Å². The second-order valence-corrected chi connectivity index (χ2v) is 9.86. The van der Waals surface area contributed by atoms with E-state index in [0.29, 0.717) is 25.8 Å². The highest BCUT2D eigenvalue weighted by Crippen LogP contribution is 2.44. The van der Waals surface area contributed by atoms with Crippen molar-refractivity contribution in [3.63, 3.8) is 0 Å². The van der Waals surface area contributed by atoms with Crippen molar-refractivity contribution in [3.8, 4) is 11.1 Å². The normalized spacial score (nSPS) is 24.9. The first kappa shape index (κ1) is 23.4. The van der Waals surface area contributed by atoms with Crippen LogP contribution in [0.5, 0.6) is 0 Å². The molecule has 1 heterocycles.